The fraction of sp³-hybridized carbons (Fsp3) is 0.290. The SMILES string of the molecule is Cc1nn(-c2ccccc2)c2nc(CC(C)C)nc(N3CCN(C(=O)c4ccc5ccccc5c4)CC3)c12. The van der Waals surface area contributed by atoms with Crippen LogP contribution in [-0.4, -0.2) is 56.7 Å². The van der Waals surface area contributed by atoms with Crippen molar-refractivity contribution < 1.29 is 4.79 Å². The fourth-order valence-electron chi connectivity index (χ4n) is 5.27. The van der Waals surface area contributed by atoms with Crippen LogP contribution in [-0.2, 0) is 6.42 Å². The van der Waals surface area contributed by atoms with Crippen LogP contribution in [0.2, 0.25) is 0 Å². The zero-order chi connectivity index (χ0) is 26.2. The van der Waals surface area contributed by atoms with Crippen LogP contribution in [0.5, 0.6) is 0 Å². The third-order valence-corrected chi connectivity index (χ3v) is 7.18. The highest BCUT2D eigenvalue weighted by Crippen LogP contribution is 2.30. The Kier molecular flexibility index (Phi) is 6.27. The van der Waals surface area contributed by atoms with E-state index in [-0.39, 0.29) is 5.91 Å². The maximum absolute atomic E-state index is 13.4. The van der Waals surface area contributed by atoms with Gasteiger partial charge in [-0.25, -0.2) is 14.6 Å². The third kappa shape index (κ3) is 4.49. The molecule has 0 atom stereocenters. The number of nitrogens with zero attached hydrogens (tertiary/aromatic N) is 6. The van der Waals surface area contributed by atoms with Crippen LogP contribution in [0.1, 0.15) is 35.7 Å². The smallest absolute Gasteiger partial charge is 0.253 e. The van der Waals surface area contributed by atoms with Crippen LogP contribution in [0, 0.1) is 12.8 Å². The van der Waals surface area contributed by atoms with Crippen LogP contribution < -0.4 is 4.90 Å². The Bertz CT molecular complexity index is 1620. The number of rotatable bonds is 5. The van der Waals surface area contributed by atoms with Crippen molar-refractivity contribution in [3.63, 3.8) is 0 Å². The molecule has 0 N–H and O–H groups in total. The molecule has 38 heavy (non-hydrogen) atoms. The summed E-state index contributed by atoms with van der Waals surface area (Å²) in [5.41, 5.74) is 3.46. The van der Waals surface area contributed by atoms with E-state index < -0.39 is 0 Å². The largest absolute Gasteiger partial charge is 0.352 e. The predicted molar refractivity (Wildman–Crippen MR) is 152 cm³/mol. The van der Waals surface area contributed by atoms with Gasteiger partial charge < -0.3 is 9.80 Å². The van der Waals surface area contributed by atoms with E-state index in [0.717, 1.165) is 56.8 Å². The second-order valence-electron chi connectivity index (χ2n) is 10.4. The summed E-state index contributed by atoms with van der Waals surface area (Å²) in [5.74, 6) is 2.26. The maximum atomic E-state index is 13.4. The molecule has 3 aromatic carbocycles. The topological polar surface area (TPSA) is 67.2 Å². The van der Waals surface area contributed by atoms with Crippen LogP contribution in [0.25, 0.3) is 27.5 Å². The number of aryl methyl sites for hydroxylation is 1. The molecule has 0 bridgehead atoms. The number of amides is 1. The Morgan fingerprint density at radius 1 is 0.868 bits per heavy atom. The Morgan fingerprint density at radius 2 is 1.58 bits per heavy atom. The average molecular weight is 505 g/mol. The number of hydrogen-bond acceptors (Lipinski definition) is 5. The molecule has 0 radical (unpaired) electrons. The van der Waals surface area contributed by atoms with Crippen molar-refractivity contribution in [1.29, 1.82) is 0 Å². The third-order valence-electron chi connectivity index (χ3n) is 7.18. The van der Waals surface area contributed by atoms with E-state index in [1.807, 2.05) is 77.2 Å². The summed E-state index contributed by atoms with van der Waals surface area (Å²) >= 11 is 0. The molecule has 1 fully saturated rings. The molecule has 6 rings (SSSR count). The van der Waals surface area contributed by atoms with Gasteiger partial charge in [0.2, 0.25) is 0 Å². The molecule has 1 aliphatic heterocycles. The second-order valence-corrected chi connectivity index (χ2v) is 10.4. The molecular formula is C31H32N6O. The maximum Gasteiger partial charge on any atom is 0.253 e. The minimum Gasteiger partial charge on any atom is -0.352 e. The summed E-state index contributed by atoms with van der Waals surface area (Å²) in [7, 11) is 0. The van der Waals surface area contributed by atoms with Gasteiger partial charge in [0.25, 0.3) is 5.91 Å². The van der Waals surface area contributed by atoms with Gasteiger partial charge in [0.1, 0.15) is 11.6 Å². The highest BCUT2D eigenvalue weighted by Gasteiger charge is 2.27. The number of fused-ring (bicyclic) bond motifs is 2. The number of carbonyl (C=O) groups excluding carboxylic acids is 1. The number of carbonyl (C=O) groups is 1. The summed E-state index contributed by atoms with van der Waals surface area (Å²) in [4.78, 5) is 27.6. The molecule has 1 amide bonds. The summed E-state index contributed by atoms with van der Waals surface area (Å²) < 4.78 is 1.93. The van der Waals surface area contributed by atoms with E-state index in [9.17, 15) is 4.79 Å². The van der Waals surface area contributed by atoms with Crippen molar-refractivity contribution in [2.45, 2.75) is 27.2 Å². The molecule has 7 nitrogen and oxygen atoms in total. The van der Waals surface area contributed by atoms with Crippen LogP contribution in [0.15, 0.2) is 72.8 Å². The summed E-state index contributed by atoms with van der Waals surface area (Å²) in [6.45, 7) is 9.10. The van der Waals surface area contributed by atoms with Gasteiger partial charge in [0.15, 0.2) is 5.65 Å². The monoisotopic (exact) mass is 504 g/mol. The van der Waals surface area contributed by atoms with E-state index in [2.05, 4.69) is 30.9 Å². The van der Waals surface area contributed by atoms with Gasteiger partial charge in [-0.3, -0.25) is 4.79 Å². The zero-order valence-corrected chi connectivity index (χ0v) is 22.1. The highest BCUT2D eigenvalue weighted by molar-refractivity contribution is 5.99. The van der Waals surface area contributed by atoms with Gasteiger partial charge >= 0.3 is 0 Å². The van der Waals surface area contributed by atoms with Crippen molar-refractivity contribution in [2.75, 3.05) is 31.1 Å². The van der Waals surface area contributed by atoms with Crippen LogP contribution in [0.3, 0.4) is 0 Å². The minimum atomic E-state index is 0.0804. The first kappa shape index (κ1) is 24.1. The number of benzene rings is 3. The molecule has 0 spiro atoms. The van der Waals surface area contributed by atoms with Crippen molar-refractivity contribution in [2.24, 2.45) is 5.92 Å². The number of aromatic nitrogens is 4. The molecular weight excluding hydrogens is 472 g/mol. The normalized spacial score (nSPS) is 14.1. The lowest BCUT2D eigenvalue weighted by molar-refractivity contribution is 0.0746. The van der Waals surface area contributed by atoms with Crippen molar-refractivity contribution >= 4 is 33.5 Å². The Hall–Kier alpha value is -4.26. The van der Waals surface area contributed by atoms with Gasteiger partial charge in [-0.05, 0) is 47.9 Å². The molecule has 0 aliphatic carbocycles. The first-order chi connectivity index (χ1) is 18.5. The van der Waals surface area contributed by atoms with Crippen LogP contribution in [0.4, 0.5) is 5.82 Å². The number of piperazine rings is 1. The molecule has 2 aromatic heterocycles. The van der Waals surface area contributed by atoms with E-state index >= 15 is 0 Å². The first-order valence-electron chi connectivity index (χ1n) is 13.3. The van der Waals surface area contributed by atoms with Gasteiger partial charge in [0, 0.05) is 38.2 Å². The molecule has 192 valence electrons. The van der Waals surface area contributed by atoms with Crippen molar-refractivity contribution in [3.8, 4) is 5.69 Å². The molecule has 1 aliphatic rings. The number of anilines is 1. The Labute approximate surface area is 222 Å². The fourth-order valence-corrected chi connectivity index (χ4v) is 5.27. The predicted octanol–water partition coefficient (Wildman–Crippen LogP) is 5.44. The molecule has 0 saturated carbocycles. The Morgan fingerprint density at radius 3 is 2.32 bits per heavy atom. The van der Waals surface area contributed by atoms with E-state index in [4.69, 9.17) is 15.1 Å². The van der Waals surface area contributed by atoms with Gasteiger partial charge in [-0.2, -0.15) is 5.10 Å². The summed E-state index contributed by atoms with van der Waals surface area (Å²) in [6, 6.07) is 24.2. The van der Waals surface area contributed by atoms with E-state index in [0.29, 0.717) is 32.1 Å². The Balaban J connectivity index is 1.30. The molecule has 0 unspecified atom stereocenters. The number of hydrogen-bond donors (Lipinski definition) is 0. The minimum absolute atomic E-state index is 0.0804. The average Bonchev–Trinajstić information content (AvgIpc) is 3.28. The molecule has 5 aromatic rings. The second kappa shape index (κ2) is 9.89. The van der Waals surface area contributed by atoms with Crippen molar-refractivity contribution in [3.05, 3.63) is 89.9 Å². The van der Waals surface area contributed by atoms with Crippen molar-refractivity contribution in [1.82, 2.24) is 24.6 Å². The van der Waals surface area contributed by atoms with Gasteiger partial charge in [0.05, 0.1) is 16.8 Å². The standard InChI is InChI=1S/C31H32N6O/c1-21(2)19-27-32-29(28-22(3)34-37(30(28)33-27)26-11-5-4-6-12-26)35-15-17-36(18-16-35)31(38)25-14-13-23-9-7-8-10-24(23)20-25/h4-14,20-21H,15-19H2,1-3H3. The van der Waals surface area contributed by atoms with Crippen LogP contribution >= 0.6 is 0 Å². The van der Waals surface area contributed by atoms with E-state index in [1.54, 1.807) is 0 Å². The lowest BCUT2D eigenvalue weighted by Gasteiger charge is -2.36. The molecule has 3 heterocycles. The number of para-hydroxylation sites is 1. The van der Waals surface area contributed by atoms with Gasteiger partial charge in [-0.1, -0.05) is 62.4 Å². The quantitative estimate of drug-likeness (QED) is 0.319. The van der Waals surface area contributed by atoms with Gasteiger partial charge in [-0.15, -0.1) is 0 Å². The summed E-state index contributed by atoms with van der Waals surface area (Å²) in [6.07, 6.45) is 0.794. The molecule has 7 heteroatoms. The zero-order valence-electron chi connectivity index (χ0n) is 22.1. The van der Waals surface area contributed by atoms with E-state index in [1.165, 1.54) is 0 Å². The summed E-state index contributed by atoms with van der Waals surface area (Å²) in [5, 5.41) is 8.08. The first-order valence-corrected chi connectivity index (χ1v) is 13.3. The molecule has 1 saturated heterocycles. The lowest BCUT2D eigenvalue weighted by Crippen LogP contribution is -2.49. The highest BCUT2D eigenvalue weighted by atomic mass is 16.2. The lowest BCUT2D eigenvalue weighted by atomic mass is 10.1.